The number of ether oxygens (including phenoxy) is 1. The van der Waals surface area contributed by atoms with Crippen LogP contribution in [-0.4, -0.2) is 58.3 Å². The molecule has 1 aliphatic carbocycles. The average Bonchev–Trinajstić information content (AvgIpc) is 3.38. The number of nitrogens with zero attached hydrogens (tertiary/aromatic N) is 2. The van der Waals surface area contributed by atoms with Gasteiger partial charge >= 0.3 is 0 Å². The van der Waals surface area contributed by atoms with Crippen LogP contribution in [-0.2, 0) is 14.3 Å². The Morgan fingerprint density at radius 2 is 2.06 bits per heavy atom. The van der Waals surface area contributed by atoms with Crippen LogP contribution in [0.1, 0.15) is 30.5 Å². The van der Waals surface area contributed by atoms with E-state index in [2.05, 4.69) is 4.98 Å². The first-order chi connectivity index (χ1) is 16.9. The van der Waals surface area contributed by atoms with Gasteiger partial charge in [0.2, 0.25) is 11.8 Å². The SMILES string of the molecule is CN1C(=O)[C@@H]2[C@@H](CC(CO)=C3[C@@H](CC/C(=C/c4ccc(O)cc4Cl)c4ccccn4)OC[C@@H]32)C1=O. The normalized spacial score (nSPS) is 26.4. The van der Waals surface area contributed by atoms with E-state index in [1.807, 2.05) is 24.3 Å². The highest BCUT2D eigenvalue weighted by molar-refractivity contribution is 6.32. The van der Waals surface area contributed by atoms with E-state index in [-0.39, 0.29) is 36.2 Å². The Labute approximate surface area is 208 Å². The first-order valence-electron chi connectivity index (χ1n) is 11.7. The summed E-state index contributed by atoms with van der Waals surface area (Å²) in [4.78, 5) is 31.2. The first-order valence-corrected chi connectivity index (χ1v) is 12.1. The number of hydrogen-bond acceptors (Lipinski definition) is 6. The molecule has 3 aliphatic rings. The van der Waals surface area contributed by atoms with Crippen LogP contribution in [0.25, 0.3) is 11.6 Å². The van der Waals surface area contributed by atoms with E-state index in [1.54, 1.807) is 18.3 Å². The number of halogens is 1. The number of amides is 2. The van der Waals surface area contributed by atoms with Crippen LogP contribution in [0.4, 0.5) is 0 Å². The third kappa shape index (κ3) is 4.29. The zero-order valence-corrected chi connectivity index (χ0v) is 20.1. The third-order valence-electron chi connectivity index (χ3n) is 7.40. The number of hydrogen-bond donors (Lipinski definition) is 2. The second kappa shape index (κ2) is 9.57. The lowest BCUT2D eigenvalue weighted by Crippen LogP contribution is -2.34. The lowest BCUT2D eigenvalue weighted by Gasteiger charge is -2.31. The summed E-state index contributed by atoms with van der Waals surface area (Å²) in [6.45, 7) is 0.218. The van der Waals surface area contributed by atoms with Gasteiger partial charge in [-0.1, -0.05) is 17.7 Å². The van der Waals surface area contributed by atoms with E-state index in [1.165, 1.54) is 18.0 Å². The molecule has 0 bridgehead atoms. The molecule has 2 saturated heterocycles. The van der Waals surface area contributed by atoms with E-state index in [0.717, 1.165) is 28.0 Å². The molecule has 7 nitrogen and oxygen atoms in total. The molecule has 2 fully saturated rings. The van der Waals surface area contributed by atoms with Crippen molar-refractivity contribution in [1.29, 1.82) is 0 Å². The molecule has 8 heteroatoms. The van der Waals surface area contributed by atoms with Crippen molar-refractivity contribution in [1.82, 2.24) is 9.88 Å². The molecule has 35 heavy (non-hydrogen) atoms. The maximum atomic E-state index is 12.8. The summed E-state index contributed by atoms with van der Waals surface area (Å²) in [5.41, 5.74) is 4.33. The van der Waals surface area contributed by atoms with Crippen molar-refractivity contribution < 1.29 is 24.5 Å². The quantitative estimate of drug-likeness (QED) is 0.469. The third-order valence-corrected chi connectivity index (χ3v) is 7.73. The molecule has 0 radical (unpaired) electrons. The van der Waals surface area contributed by atoms with E-state index >= 15 is 0 Å². The van der Waals surface area contributed by atoms with E-state index < -0.39 is 11.8 Å². The number of likely N-dealkylation sites (tertiary alicyclic amines) is 1. The van der Waals surface area contributed by atoms with Crippen molar-refractivity contribution >= 4 is 35.1 Å². The van der Waals surface area contributed by atoms with Gasteiger partial charge in [-0.3, -0.25) is 19.5 Å². The van der Waals surface area contributed by atoms with Crippen LogP contribution in [0.2, 0.25) is 5.02 Å². The van der Waals surface area contributed by atoms with Crippen LogP contribution in [0.15, 0.2) is 53.7 Å². The number of aliphatic hydroxyl groups excluding tert-OH is 1. The molecule has 3 heterocycles. The van der Waals surface area contributed by atoms with Crippen molar-refractivity contribution in [2.75, 3.05) is 20.3 Å². The van der Waals surface area contributed by atoms with Gasteiger partial charge in [0.05, 0.1) is 41.9 Å². The fraction of sp³-hybridized carbons (Fsp3) is 0.370. The van der Waals surface area contributed by atoms with Crippen molar-refractivity contribution in [3.8, 4) is 5.75 Å². The number of pyridine rings is 1. The highest BCUT2D eigenvalue weighted by Gasteiger charge is 2.55. The van der Waals surface area contributed by atoms with Crippen molar-refractivity contribution in [2.45, 2.75) is 25.4 Å². The van der Waals surface area contributed by atoms with Gasteiger partial charge in [0.25, 0.3) is 0 Å². The second-order valence-corrected chi connectivity index (χ2v) is 9.75. The molecule has 2 aromatic rings. The summed E-state index contributed by atoms with van der Waals surface area (Å²) in [7, 11) is 1.53. The lowest BCUT2D eigenvalue weighted by molar-refractivity contribution is -0.138. The Bertz CT molecular complexity index is 1230. The number of allylic oxidation sites excluding steroid dienone is 1. The number of imide groups is 1. The molecule has 182 valence electrons. The highest BCUT2D eigenvalue weighted by atomic mass is 35.5. The molecule has 2 N–H and O–H groups in total. The van der Waals surface area contributed by atoms with E-state index in [4.69, 9.17) is 16.3 Å². The van der Waals surface area contributed by atoms with Gasteiger partial charge < -0.3 is 14.9 Å². The molecule has 0 unspecified atom stereocenters. The van der Waals surface area contributed by atoms with Crippen molar-refractivity contribution in [2.24, 2.45) is 17.8 Å². The minimum absolute atomic E-state index is 0.0987. The van der Waals surface area contributed by atoms with Gasteiger partial charge in [0.15, 0.2) is 0 Å². The number of phenolic OH excluding ortho intramolecular Hbond substituents is 1. The van der Waals surface area contributed by atoms with Gasteiger partial charge in [-0.05, 0) is 78.0 Å². The minimum Gasteiger partial charge on any atom is -0.508 e. The zero-order valence-electron chi connectivity index (χ0n) is 19.4. The molecule has 1 aromatic carbocycles. The summed E-state index contributed by atoms with van der Waals surface area (Å²) in [5, 5.41) is 20.3. The fourth-order valence-corrected chi connectivity index (χ4v) is 5.94. The van der Waals surface area contributed by atoms with Gasteiger partial charge in [0, 0.05) is 19.2 Å². The predicted molar refractivity (Wildman–Crippen MR) is 131 cm³/mol. The number of aliphatic hydroxyl groups is 1. The number of aromatic hydroxyl groups is 1. The van der Waals surface area contributed by atoms with E-state index in [0.29, 0.717) is 30.9 Å². The maximum Gasteiger partial charge on any atom is 0.233 e. The van der Waals surface area contributed by atoms with Crippen molar-refractivity contribution in [3.05, 3.63) is 70.0 Å². The number of carbonyl (C=O) groups is 2. The van der Waals surface area contributed by atoms with Gasteiger partial charge in [-0.25, -0.2) is 0 Å². The second-order valence-electron chi connectivity index (χ2n) is 9.35. The van der Waals surface area contributed by atoms with Gasteiger partial charge in [0.1, 0.15) is 5.75 Å². The Morgan fingerprint density at radius 3 is 2.77 bits per heavy atom. The molecular formula is C27H27ClN2O5. The maximum absolute atomic E-state index is 12.8. The standard InChI is InChI=1S/C27H27ClN2O5/c1-30-26(33)19-11-17(13-31)24-20(25(19)27(30)34)14-35-23(24)8-6-16(22-4-2-3-9-29-22)10-15-5-7-18(32)12-21(15)28/h2-5,7,9-10,12,19-20,23,25,31-32H,6,8,11,13-14H2,1H3/b16-10-/t19-,20+,23-,25-/m1/s1. The largest absolute Gasteiger partial charge is 0.508 e. The predicted octanol–water partition coefficient (Wildman–Crippen LogP) is 3.70. The van der Waals surface area contributed by atoms with E-state index in [9.17, 15) is 19.8 Å². The van der Waals surface area contributed by atoms with Crippen molar-refractivity contribution in [3.63, 3.8) is 0 Å². The zero-order chi connectivity index (χ0) is 24.7. The summed E-state index contributed by atoms with van der Waals surface area (Å²) in [6, 6.07) is 10.6. The molecule has 2 amide bonds. The Hall–Kier alpha value is -3.00. The van der Waals surface area contributed by atoms with Crippen LogP contribution in [0, 0.1) is 17.8 Å². The Balaban J connectivity index is 1.43. The number of fused-ring (bicyclic) bond motifs is 3. The monoisotopic (exact) mass is 494 g/mol. The number of aromatic nitrogens is 1. The average molecular weight is 495 g/mol. The topological polar surface area (TPSA) is 100.0 Å². The fourth-order valence-electron chi connectivity index (χ4n) is 5.71. The first kappa shape index (κ1) is 23.7. The minimum atomic E-state index is -0.413. The number of carbonyl (C=O) groups excluding carboxylic acids is 2. The Kier molecular flexibility index (Phi) is 6.49. The van der Waals surface area contributed by atoms with Crippen LogP contribution in [0.5, 0.6) is 5.75 Å². The molecular weight excluding hydrogens is 468 g/mol. The Morgan fingerprint density at radius 1 is 1.23 bits per heavy atom. The smallest absolute Gasteiger partial charge is 0.233 e. The molecule has 5 rings (SSSR count). The highest BCUT2D eigenvalue weighted by Crippen LogP contribution is 2.49. The summed E-state index contributed by atoms with van der Waals surface area (Å²) in [6.07, 6.45) is 5.09. The van der Waals surface area contributed by atoms with Crippen LogP contribution < -0.4 is 0 Å². The number of rotatable bonds is 6. The number of phenols is 1. The molecule has 4 atom stereocenters. The molecule has 0 saturated carbocycles. The summed E-state index contributed by atoms with van der Waals surface area (Å²) in [5.74, 6) is -1.23. The summed E-state index contributed by atoms with van der Waals surface area (Å²) < 4.78 is 6.18. The molecule has 1 aromatic heterocycles. The molecule has 0 spiro atoms. The van der Waals surface area contributed by atoms with Crippen LogP contribution in [0.3, 0.4) is 0 Å². The summed E-state index contributed by atoms with van der Waals surface area (Å²) >= 11 is 6.36. The van der Waals surface area contributed by atoms with Gasteiger partial charge in [-0.15, -0.1) is 0 Å². The lowest BCUT2D eigenvalue weighted by atomic mass is 9.69. The molecule has 2 aliphatic heterocycles. The van der Waals surface area contributed by atoms with Crippen LogP contribution >= 0.6 is 11.6 Å². The van der Waals surface area contributed by atoms with Gasteiger partial charge in [-0.2, -0.15) is 0 Å². The number of benzene rings is 1.